The highest BCUT2D eigenvalue weighted by molar-refractivity contribution is 7.19. The number of ether oxygens (including phenoxy) is 1. The van der Waals surface area contributed by atoms with Crippen molar-refractivity contribution in [1.29, 1.82) is 0 Å². The molecule has 1 aromatic heterocycles. The zero-order valence-corrected chi connectivity index (χ0v) is 12.5. The number of para-hydroxylation sites is 1. The Kier molecular flexibility index (Phi) is 4.17. The number of amides is 1. The lowest BCUT2D eigenvalue weighted by molar-refractivity contribution is -0.158. The van der Waals surface area contributed by atoms with Crippen LogP contribution in [0.3, 0.4) is 0 Å². The summed E-state index contributed by atoms with van der Waals surface area (Å²) in [6.07, 6.45) is 2.15. The lowest BCUT2D eigenvalue weighted by Crippen LogP contribution is -2.48. The lowest BCUT2D eigenvalue weighted by Gasteiger charge is -2.29. The van der Waals surface area contributed by atoms with Crippen molar-refractivity contribution in [3.8, 4) is 0 Å². The summed E-state index contributed by atoms with van der Waals surface area (Å²) in [5, 5.41) is 9.68. The number of rotatable bonds is 3. The van der Waals surface area contributed by atoms with Crippen LogP contribution in [-0.4, -0.2) is 52.7 Å². The van der Waals surface area contributed by atoms with Crippen LogP contribution < -0.4 is 0 Å². The Morgan fingerprint density at radius 2 is 2.23 bits per heavy atom. The van der Waals surface area contributed by atoms with E-state index >= 15 is 0 Å². The van der Waals surface area contributed by atoms with Gasteiger partial charge in [0, 0.05) is 12.6 Å². The number of carbonyl (C=O) groups excluding carboxylic acids is 1. The van der Waals surface area contributed by atoms with E-state index in [4.69, 9.17) is 9.84 Å². The molecule has 1 fully saturated rings. The molecule has 114 valence electrons. The van der Waals surface area contributed by atoms with Gasteiger partial charge in [0.05, 0.1) is 23.4 Å². The molecule has 0 spiro atoms. The fourth-order valence-electron chi connectivity index (χ4n) is 2.21. The van der Waals surface area contributed by atoms with Crippen molar-refractivity contribution in [3.05, 3.63) is 35.3 Å². The summed E-state index contributed by atoms with van der Waals surface area (Å²) in [7, 11) is 0. The molecule has 0 aliphatic carbocycles. The van der Waals surface area contributed by atoms with Crippen LogP contribution in [0.2, 0.25) is 0 Å². The number of aromatic nitrogens is 1. The van der Waals surface area contributed by atoms with Crippen LogP contribution in [0.15, 0.2) is 30.3 Å². The predicted octanol–water partition coefficient (Wildman–Crippen LogP) is 1.62. The molecular weight excluding hydrogens is 304 g/mol. The summed E-state index contributed by atoms with van der Waals surface area (Å²) in [4.78, 5) is 28.9. The predicted molar refractivity (Wildman–Crippen MR) is 82.6 cm³/mol. The first-order valence-corrected chi connectivity index (χ1v) is 7.62. The standard InChI is InChI=1S/C15H14N2O4S/c18-14(17-7-8-21-11(9-17)15(19)20)6-5-13-16-10-3-1-2-4-12(10)22-13/h1-6,11H,7-9H2,(H,19,20). The number of thiazole rings is 1. The summed E-state index contributed by atoms with van der Waals surface area (Å²) in [5.74, 6) is -1.28. The largest absolute Gasteiger partial charge is 0.479 e. The van der Waals surface area contributed by atoms with Gasteiger partial charge in [-0.25, -0.2) is 9.78 Å². The first-order valence-electron chi connectivity index (χ1n) is 6.80. The smallest absolute Gasteiger partial charge is 0.334 e. The van der Waals surface area contributed by atoms with E-state index in [0.717, 1.165) is 15.2 Å². The first kappa shape index (κ1) is 14.7. The Labute approximate surface area is 130 Å². The van der Waals surface area contributed by atoms with Crippen LogP contribution in [0.5, 0.6) is 0 Å². The van der Waals surface area contributed by atoms with Crippen molar-refractivity contribution in [2.24, 2.45) is 0 Å². The second-order valence-electron chi connectivity index (χ2n) is 4.84. The third-order valence-electron chi connectivity index (χ3n) is 3.33. The highest BCUT2D eigenvalue weighted by Crippen LogP contribution is 2.22. The van der Waals surface area contributed by atoms with E-state index in [-0.39, 0.29) is 19.1 Å². The van der Waals surface area contributed by atoms with Crippen LogP contribution >= 0.6 is 11.3 Å². The Balaban J connectivity index is 1.69. The molecule has 1 aliphatic heterocycles. The van der Waals surface area contributed by atoms with Crippen molar-refractivity contribution in [1.82, 2.24) is 9.88 Å². The van der Waals surface area contributed by atoms with Crippen LogP contribution in [0.25, 0.3) is 16.3 Å². The molecule has 1 atom stereocenters. The Morgan fingerprint density at radius 1 is 1.41 bits per heavy atom. The number of benzene rings is 1. The summed E-state index contributed by atoms with van der Waals surface area (Å²) in [6.45, 7) is 0.697. The number of hydrogen-bond acceptors (Lipinski definition) is 5. The molecule has 1 N–H and O–H groups in total. The van der Waals surface area contributed by atoms with Gasteiger partial charge >= 0.3 is 5.97 Å². The topological polar surface area (TPSA) is 79.7 Å². The normalized spacial score (nSPS) is 18.9. The fourth-order valence-corrected chi connectivity index (χ4v) is 3.08. The van der Waals surface area contributed by atoms with Gasteiger partial charge in [0.15, 0.2) is 6.10 Å². The molecule has 0 saturated carbocycles. The molecule has 3 rings (SSSR count). The van der Waals surface area contributed by atoms with E-state index in [1.165, 1.54) is 22.3 Å². The average Bonchev–Trinajstić information content (AvgIpc) is 2.95. The summed E-state index contributed by atoms with van der Waals surface area (Å²) >= 11 is 1.50. The molecule has 6 nitrogen and oxygen atoms in total. The van der Waals surface area contributed by atoms with Gasteiger partial charge < -0.3 is 14.7 Å². The zero-order chi connectivity index (χ0) is 15.5. The van der Waals surface area contributed by atoms with Gasteiger partial charge in [-0.2, -0.15) is 0 Å². The minimum absolute atomic E-state index is 0.0678. The van der Waals surface area contributed by atoms with Crippen molar-refractivity contribution >= 4 is 39.5 Å². The quantitative estimate of drug-likeness (QED) is 0.870. The molecule has 1 unspecified atom stereocenters. The molecule has 1 aromatic carbocycles. The molecule has 0 bridgehead atoms. The number of fused-ring (bicyclic) bond motifs is 1. The maximum Gasteiger partial charge on any atom is 0.334 e. The maximum atomic E-state index is 12.1. The van der Waals surface area contributed by atoms with Crippen LogP contribution in [0, 0.1) is 0 Å². The molecule has 2 heterocycles. The molecule has 7 heteroatoms. The number of carboxylic acid groups (broad SMARTS) is 1. The fraction of sp³-hybridized carbons (Fsp3) is 0.267. The zero-order valence-electron chi connectivity index (χ0n) is 11.6. The molecule has 1 saturated heterocycles. The number of carbonyl (C=O) groups is 2. The lowest BCUT2D eigenvalue weighted by atomic mass is 10.2. The Morgan fingerprint density at radius 3 is 3.00 bits per heavy atom. The van der Waals surface area contributed by atoms with Gasteiger partial charge in [-0.1, -0.05) is 12.1 Å². The van der Waals surface area contributed by atoms with Crippen LogP contribution in [-0.2, 0) is 14.3 Å². The monoisotopic (exact) mass is 318 g/mol. The van der Waals surface area contributed by atoms with E-state index in [1.807, 2.05) is 24.3 Å². The number of morpholine rings is 1. The van der Waals surface area contributed by atoms with Crippen LogP contribution in [0.1, 0.15) is 5.01 Å². The first-order chi connectivity index (χ1) is 10.6. The van der Waals surface area contributed by atoms with E-state index in [2.05, 4.69) is 4.98 Å². The van der Waals surface area contributed by atoms with Gasteiger partial charge in [0.25, 0.3) is 0 Å². The van der Waals surface area contributed by atoms with Crippen molar-refractivity contribution in [2.75, 3.05) is 19.7 Å². The summed E-state index contributed by atoms with van der Waals surface area (Å²) < 4.78 is 6.16. The SMILES string of the molecule is O=C(O)C1CN(C(=O)C=Cc2nc3ccccc3s2)CCO1. The van der Waals surface area contributed by atoms with Crippen molar-refractivity contribution < 1.29 is 19.4 Å². The van der Waals surface area contributed by atoms with Gasteiger partial charge in [-0.15, -0.1) is 11.3 Å². The Hall–Kier alpha value is -2.25. The minimum Gasteiger partial charge on any atom is -0.479 e. The van der Waals surface area contributed by atoms with Crippen LogP contribution in [0.4, 0.5) is 0 Å². The second-order valence-corrected chi connectivity index (χ2v) is 5.90. The average molecular weight is 318 g/mol. The van der Waals surface area contributed by atoms with Gasteiger partial charge in [0.1, 0.15) is 5.01 Å². The van der Waals surface area contributed by atoms with E-state index in [1.54, 1.807) is 6.08 Å². The number of aliphatic carboxylic acids is 1. The maximum absolute atomic E-state index is 12.1. The molecule has 1 amide bonds. The number of carboxylic acids is 1. The second kappa shape index (κ2) is 6.25. The summed E-state index contributed by atoms with van der Waals surface area (Å²) in [5.41, 5.74) is 0.900. The molecule has 22 heavy (non-hydrogen) atoms. The number of hydrogen-bond donors (Lipinski definition) is 1. The molecule has 2 aromatic rings. The Bertz CT molecular complexity index is 707. The molecule has 1 aliphatic rings. The van der Waals surface area contributed by atoms with E-state index < -0.39 is 12.1 Å². The number of nitrogens with zero attached hydrogens (tertiary/aromatic N) is 2. The molecular formula is C15H14N2O4S. The minimum atomic E-state index is -1.05. The third kappa shape index (κ3) is 3.15. The van der Waals surface area contributed by atoms with Crippen molar-refractivity contribution in [3.63, 3.8) is 0 Å². The van der Waals surface area contributed by atoms with E-state index in [9.17, 15) is 9.59 Å². The highest BCUT2D eigenvalue weighted by Gasteiger charge is 2.27. The third-order valence-corrected chi connectivity index (χ3v) is 4.33. The molecule has 0 radical (unpaired) electrons. The van der Waals surface area contributed by atoms with Gasteiger partial charge in [-0.05, 0) is 18.2 Å². The van der Waals surface area contributed by atoms with Crippen molar-refractivity contribution in [2.45, 2.75) is 6.10 Å². The van der Waals surface area contributed by atoms with Gasteiger partial charge in [-0.3, -0.25) is 4.79 Å². The van der Waals surface area contributed by atoms with Gasteiger partial charge in [0.2, 0.25) is 5.91 Å². The highest BCUT2D eigenvalue weighted by atomic mass is 32.1. The van der Waals surface area contributed by atoms with E-state index in [0.29, 0.717) is 6.54 Å². The summed E-state index contributed by atoms with van der Waals surface area (Å²) in [6, 6.07) is 7.76.